The van der Waals surface area contributed by atoms with Crippen molar-refractivity contribution < 1.29 is 9.90 Å². The molecule has 0 aliphatic carbocycles. The molecule has 68 valence electrons. The first-order chi connectivity index (χ1) is 6.18. The maximum atomic E-state index is 11.0. The molecule has 1 heterocycles. The average Bonchev–Trinajstić information content (AvgIpc) is 2.02. The lowest BCUT2D eigenvalue weighted by Gasteiger charge is -2.24. The van der Waals surface area contributed by atoms with Crippen LogP contribution in [-0.2, 0) is 0 Å². The minimum atomic E-state index is -0.648. The maximum Gasteiger partial charge on any atom is 0.320 e. The van der Waals surface area contributed by atoms with Crippen LogP contribution in [0.1, 0.15) is 11.7 Å². The number of phenolic OH excluding ortho intramolecular Hbond substituents is 1. The quantitative estimate of drug-likeness (QED) is 0.467. The first-order valence-corrected chi connectivity index (χ1v) is 3.83. The Bertz CT molecular complexity index is 364. The number of benzene rings is 1. The fourth-order valence-corrected chi connectivity index (χ4v) is 1.36. The predicted molar refractivity (Wildman–Crippen MR) is 47.2 cm³/mol. The molecule has 0 aromatic heterocycles. The van der Waals surface area contributed by atoms with Gasteiger partial charge in [0.15, 0.2) is 0 Å². The van der Waals surface area contributed by atoms with Crippen molar-refractivity contribution in [3.63, 3.8) is 0 Å². The van der Waals surface area contributed by atoms with Gasteiger partial charge in [0.1, 0.15) is 11.9 Å². The highest BCUT2D eigenvalue weighted by atomic mass is 16.3. The molecule has 2 amide bonds. The predicted octanol–water partition coefficient (Wildman–Crippen LogP) is 0.485. The number of rotatable bonds is 0. The van der Waals surface area contributed by atoms with Gasteiger partial charge in [-0.2, -0.15) is 0 Å². The normalized spacial score (nSPS) is 20.1. The molecule has 0 saturated carbocycles. The monoisotopic (exact) mass is 179 g/mol. The van der Waals surface area contributed by atoms with Gasteiger partial charge in [-0.05, 0) is 12.1 Å². The zero-order valence-corrected chi connectivity index (χ0v) is 6.74. The molecule has 0 fully saturated rings. The Hall–Kier alpha value is -1.75. The van der Waals surface area contributed by atoms with Gasteiger partial charge in [-0.3, -0.25) is 0 Å². The molecule has 5 N–H and O–H groups in total. The summed E-state index contributed by atoms with van der Waals surface area (Å²) in [6.07, 6.45) is -0.648. The zero-order chi connectivity index (χ0) is 9.42. The number of hydrogen-bond donors (Lipinski definition) is 4. The molecule has 1 aliphatic rings. The number of urea groups is 1. The molecule has 1 aliphatic heterocycles. The zero-order valence-electron chi connectivity index (χ0n) is 6.74. The largest absolute Gasteiger partial charge is 0.507 e. The van der Waals surface area contributed by atoms with E-state index in [0.29, 0.717) is 11.3 Å². The summed E-state index contributed by atoms with van der Waals surface area (Å²) < 4.78 is 0. The van der Waals surface area contributed by atoms with Crippen LogP contribution >= 0.6 is 0 Å². The van der Waals surface area contributed by atoms with Crippen molar-refractivity contribution in [2.24, 2.45) is 5.73 Å². The van der Waals surface area contributed by atoms with E-state index < -0.39 is 6.17 Å². The summed E-state index contributed by atoms with van der Waals surface area (Å²) in [5, 5.41) is 14.4. The van der Waals surface area contributed by atoms with E-state index >= 15 is 0 Å². The summed E-state index contributed by atoms with van der Waals surface area (Å²) in [6.45, 7) is 0. The van der Waals surface area contributed by atoms with E-state index in [1.165, 1.54) is 6.07 Å². The van der Waals surface area contributed by atoms with Crippen molar-refractivity contribution in [1.29, 1.82) is 0 Å². The molecule has 1 aromatic carbocycles. The highest BCUT2D eigenvalue weighted by Gasteiger charge is 2.23. The fourth-order valence-electron chi connectivity index (χ4n) is 1.36. The summed E-state index contributed by atoms with van der Waals surface area (Å²) in [4.78, 5) is 11.0. The van der Waals surface area contributed by atoms with Crippen molar-refractivity contribution in [3.05, 3.63) is 23.8 Å². The number of nitrogens with two attached hydrogens (primary N) is 1. The van der Waals surface area contributed by atoms with E-state index in [0.717, 1.165) is 0 Å². The summed E-state index contributed by atoms with van der Waals surface area (Å²) in [5.41, 5.74) is 6.67. The first-order valence-electron chi connectivity index (χ1n) is 3.83. The topological polar surface area (TPSA) is 87.4 Å². The SMILES string of the molecule is NC1NC(=O)Nc2cccc(O)c21. The molecule has 0 radical (unpaired) electrons. The van der Waals surface area contributed by atoms with E-state index in [2.05, 4.69) is 10.6 Å². The standard InChI is InChI=1S/C8H9N3O2/c9-7-6-4(10-8(13)11-7)2-1-3-5(6)12/h1-3,7,12H,9H2,(H2,10,11,13). The number of amides is 2. The third-order valence-corrected chi connectivity index (χ3v) is 1.93. The Kier molecular flexibility index (Phi) is 1.60. The van der Waals surface area contributed by atoms with Crippen LogP contribution in [0.15, 0.2) is 18.2 Å². The number of fused-ring (bicyclic) bond motifs is 1. The third-order valence-electron chi connectivity index (χ3n) is 1.93. The number of hydrogen-bond acceptors (Lipinski definition) is 3. The lowest BCUT2D eigenvalue weighted by Crippen LogP contribution is -2.41. The Morgan fingerprint density at radius 2 is 2.23 bits per heavy atom. The number of carbonyl (C=O) groups excluding carboxylic acids is 1. The third kappa shape index (κ3) is 1.19. The molecule has 5 nitrogen and oxygen atoms in total. The smallest absolute Gasteiger partial charge is 0.320 e. The second-order valence-electron chi connectivity index (χ2n) is 2.81. The van der Waals surface area contributed by atoms with Gasteiger partial charge >= 0.3 is 6.03 Å². The van der Waals surface area contributed by atoms with Crippen LogP contribution in [0.3, 0.4) is 0 Å². The maximum absolute atomic E-state index is 11.0. The molecule has 1 aromatic rings. The van der Waals surface area contributed by atoms with Crippen LogP contribution in [-0.4, -0.2) is 11.1 Å². The summed E-state index contributed by atoms with van der Waals surface area (Å²) >= 11 is 0. The number of nitrogens with one attached hydrogen (secondary N) is 2. The Balaban J connectivity index is 2.55. The van der Waals surface area contributed by atoms with Crippen molar-refractivity contribution >= 4 is 11.7 Å². The number of phenols is 1. The minimum absolute atomic E-state index is 0.0810. The Morgan fingerprint density at radius 3 is 3.00 bits per heavy atom. The molecular weight excluding hydrogens is 170 g/mol. The van der Waals surface area contributed by atoms with Gasteiger partial charge in [0, 0.05) is 0 Å². The van der Waals surface area contributed by atoms with Gasteiger partial charge in [0.25, 0.3) is 0 Å². The second kappa shape index (κ2) is 2.63. The van der Waals surface area contributed by atoms with E-state index in [1.807, 2.05) is 0 Å². The van der Waals surface area contributed by atoms with E-state index in [-0.39, 0.29) is 11.8 Å². The van der Waals surface area contributed by atoms with Gasteiger partial charge < -0.3 is 21.5 Å². The molecule has 1 unspecified atom stereocenters. The van der Waals surface area contributed by atoms with Crippen LogP contribution in [0.2, 0.25) is 0 Å². The molecule has 13 heavy (non-hydrogen) atoms. The van der Waals surface area contributed by atoms with Crippen LogP contribution in [0.4, 0.5) is 10.5 Å². The number of aromatic hydroxyl groups is 1. The molecule has 0 bridgehead atoms. The fraction of sp³-hybridized carbons (Fsp3) is 0.125. The highest BCUT2D eigenvalue weighted by molar-refractivity contribution is 5.93. The summed E-state index contributed by atoms with van der Waals surface area (Å²) in [5.74, 6) is 0.0810. The Labute approximate surface area is 74.6 Å². The first kappa shape index (κ1) is 7.88. The van der Waals surface area contributed by atoms with Gasteiger partial charge in [-0.25, -0.2) is 4.79 Å². The minimum Gasteiger partial charge on any atom is -0.507 e. The van der Waals surface area contributed by atoms with Crippen LogP contribution in [0.25, 0.3) is 0 Å². The lowest BCUT2D eigenvalue weighted by molar-refractivity contribution is 0.247. The van der Waals surface area contributed by atoms with Gasteiger partial charge in [0.05, 0.1) is 11.3 Å². The van der Waals surface area contributed by atoms with E-state index in [9.17, 15) is 9.90 Å². The van der Waals surface area contributed by atoms with Crippen LogP contribution in [0, 0.1) is 0 Å². The molecular formula is C8H9N3O2. The summed E-state index contributed by atoms with van der Waals surface area (Å²) in [7, 11) is 0. The number of anilines is 1. The van der Waals surface area contributed by atoms with Crippen LogP contribution in [0.5, 0.6) is 5.75 Å². The lowest BCUT2D eigenvalue weighted by atomic mass is 10.1. The molecule has 0 saturated heterocycles. The second-order valence-corrected chi connectivity index (χ2v) is 2.81. The molecule has 0 spiro atoms. The Morgan fingerprint density at radius 1 is 1.46 bits per heavy atom. The van der Waals surface area contributed by atoms with Crippen molar-refractivity contribution in [2.45, 2.75) is 6.17 Å². The van der Waals surface area contributed by atoms with Gasteiger partial charge in [-0.1, -0.05) is 6.07 Å². The highest BCUT2D eigenvalue weighted by Crippen LogP contribution is 2.31. The van der Waals surface area contributed by atoms with Crippen molar-refractivity contribution in [3.8, 4) is 5.75 Å². The van der Waals surface area contributed by atoms with E-state index in [1.54, 1.807) is 12.1 Å². The summed E-state index contributed by atoms with van der Waals surface area (Å²) in [6, 6.07) is 4.50. The van der Waals surface area contributed by atoms with Gasteiger partial charge in [-0.15, -0.1) is 0 Å². The molecule has 1 atom stereocenters. The van der Waals surface area contributed by atoms with Crippen molar-refractivity contribution in [2.75, 3.05) is 5.32 Å². The molecule has 2 rings (SSSR count). The number of carbonyl (C=O) groups is 1. The van der Waals surface area contributed by atoms with E-state index in [4.69, 9.17) is 5.73 Å². The van der Waals surface area contributed by atoms with Crippen LogP contribution < -0.4 is 16.4 Å². The van der Waals surface area contributed by atoms with Gasteiger partial charge in [0.2, 0.25) is 0 Å². The average molecular weight is 179 g/mol. The van der Waals surface area contributed by atoms with Crippen molar-refractivity contribution in [1.82, 2.24) is 5.32 Å². The molecule has 5 heteroatoms.